The number of para-hydroxylation sites is 2. The number of benzene rings is 2. The first-order valence-corrected chi connectivity index (χ1v) is 10.9. The molecule has 3 heterocycles. The molecular formula is C22H16N6O2S. The largest absolute Gasteiger partial charge is 0.382 e. The van der Waals surface area contributed by atoms with Crippen molar-refractivity contribution >= 4 is 44.1 Å². The van der Waals surface area contributed by atoms with Crippen molar-refractivity contribution in [1.82, 2.24) is 19.6 Å². The number of nitrogen functional groups attached to an aromatic ring is 1. The van der Waals surface area contributed by atoms with Crippen molar-refractivity contribution in [3.05, 3.63) is 84.7 Å². The van der Waals surface area contributed by atoms with Gasteiger partial charge in [0, 0.05) is 6.20 Å². The van der Waals surface area contributed by atoms with E-state index in [0.717, 1.165) is 0 Å². The molecule has 2 aromatic carbocycles. The second-order valence-electron chi connectivity index (χ2n) is 6.73. The first kappa shape index (κ1) is 18.9. The van der Waals surface area contributed by atoms with E-state index < -0.39 is 9.84 Å². The Labute approximate surface area is 177 Å². The third kappa shape index (κ3) is 3.21. The van der Waals surface area contributed by atoms with Gasteiger partial charge in [-0.2, -0.15) is 9.78 Å². The van der Waals surface area contributed by atoms with Gasteiger partial charge < -0.3 is 5.73 Å². The van der Waals surface area contributed by atoms with Crippen LogP contribution in [0.5, 0.6) is 0 Å². The summed E-state index contributed by atoms with van der Waals surface area (Å²) in [5, 5.41) is 4.38. The molecule has 2 N–H and O–H groups in total. The number of fused-ring (bicyclic) bond motifs is 2. The van der Waals surface area contributed by atoms with Gasteiger partial charge in [0.2, 0.25) is 9.84 Å². The van der Waals surface area contributed by atoms with Crippen LogP contribution in [0.25, 0.3) is 22.2 Å². The molecule has 0 aliphatic carbocycles. The number of aromatic nitrogens is 4. The number of rotatable bonds is 4. The van der Waals surface area contributed by atoms with Crippen molar-refractivity contribution in [2.24, 2.45) is 5.10 Å². The zero-order valence-electron chi connectivity index (χ0n) is 16.1. The molecule has 8 nitrogen and oxygen atoms in total. The zero-order chi connectivity index (χ0) is 21.4. The quantitative estimate of drug-likeness (QED) is 0.439. The van der Waals surface area contributed by atoms with Gasteiger partial charge in [-0.05, 0) is 36.4 Å². The molecule has 0 radical (unpaired) electrons. The number of anilines is 1. The number of sulfone groups is 1. The summed E-state index contributed by atoms with van der Waals surface area (Å²) in [6, 6.07) is 20.7. The maximum atomic E-state index is 13.5. The Hall–Kier alpha value is -4.11. The fourth-order valence-electron chi connectivity index (χ4n) is 3.29. The lowest BCUT2D eigenvalue weighted by Crippen LogP contribution is -2.06. The number of nitrogens with two attached hydrogens (primary N) is 1. The Morgan fingerprint density at radius 1 is 0.871 bits per heavy atom. The molecule has 3 aromatic heterocycles. The van der Waals surface area contributed by atoms with E-state index in [1.165, 1.54) is 23.0 Å². The third-order valence-corrected chi connectivity index (χ3v) is 6.58. The number of hydrogen-bond donors (Lipinski definition) is 1. The van der Waals surface area contributed by atoms with E-state index in [2.05, 4.69) is 20.1 Å². The minimum Gasteiger partial charge on any atom is -0.382 e. The summed E-state index contributed by atoms with van der Waals surface area (Å²) in [6.45, 7) is 0. The van der Waals surface area contributed by atoms with Gasteiger partial charge in [-0.25, -0.2) is 18.4 Å². The minimum atomic E-state index is -3.96. The summed E-state index contributed by atoms with van der Waals surface area (Å²) in [4.78, 5) is 13.4. The maximum absolute atomic E-state index is 13.5. The average molecular weight is 428 g/mol. The van der Waals surface area contributed by atoms with Crippen LogP contribution in [0.15, 0.2) is 93.9 Å². The standard InChI is InChI=1S/C22H16N6O2S/c23-21-20(31(29,30)16-9-2-1-3-10-16)19-22(27-18-12-5-4-11-17(18)26-19)28(21)25-14-15-8-6-7-13-24-15/h1-14H,23H2/b25-14-. The SMILES string of the molecule is Nc1c(S(=O)(=O)c2ccccc2)c2nc3ccccc3nc2n1/N=C\c1ccccn1. The Balaban J connectivity index is 1.82. The summed E-state index contributed by atoms with van der Waals surface area (Å²) < 4.78 is 28.2. The second-order valence-corrected chi connectivity index (χ2v) is 8.61. The van der Waals surface area contributed by atoms with Crippen LogP contribution in [0.2, 0.25) is 0 Å². The lowest BCUT2D eigenvalue weighted by Gasteiger charge is -2.04. The molecule has 0 aliphatic heterocycles. The highest BCUT2D eigenvalue weighted by atomic mass is 32.2. The molecule has 0 aliphatic rings. The van der Waals surface area contributed by atoms with E-state index in [1.807, 2.05) is 18.2 Å². The van der Waals surface area contributed by atoms with Crippen LogP contribution in [-0.4, -0.2) is 34.3 Å². The highest BCUT2D eigenvalue weighted by Crippen LogP contribution is 2.35. The molecule has 0 saturated carbocycles. The average Bonchev–Trinajstić information content (AvgIpc) is 3.08. The number of pyridine rings is 1. The van der Waals surface area contributed by atoms with Crippen LogP contribution in [-0.2, 0) is 9.84 Å². The van der Waals surface area contributed by atoms with E-state index in [1.54, 1.807) is 48.7 Å². The van der Waals surface area contributed by atoms with Crippen LogP contribution < -0.4 is 5.73 Å². The van der Waals surface area contributed by atoms with Gasteiger partial charge in [0.05, 0.1) is 27.8 Å². The molecule has 0 fully saturated rings. The number of nitrogens with zero attached hydrogens (tertiary/aromatic N) is 5. The summed E-state index contributed by atoms with van der Waals surface area (Å²) >= 11 is 0. The van der Waals surface area contributed by atoms with Crippen LogP contribution in [0.4, 0.5) is 5.82 Å². The van der Waals surface area contributed by atoms with Crippen LogP contribution in [0.3, 0.4) is 0 Å². The molecule has 9 heteroatoms. The predicted octanol–water partition coefficient (Wildman–Crippen LogP) is 3.28. The van der Waals surface area contributed by atoms with E-state index in [9.17, 15) is 8.42 Å². The monoisotopic (exact) mass is 428 g/mol. The van der Waals surface area contributed by atoms with Crippen LogP contribution in [0, 0.1) is 0 Å². The summed E-state index contributed by atoms with van der Waals surface area (Å²) in [7, 11) is -3.96. The van der Waals surface area contributed by atoms with E-state index in [0.29, 0.717) is 16.7 Å². The molecule has 0 atom stereocenters. The van der Waals surface area contributed by atoms with Crippen molar-refractivity contribution in [1.29, 1.82) is 0 Å². The van der Waals surface area contributed by atoms with Crippen molar-refractivity contribution in [2.75, 3.05) is 5.73 Å². The van der Waals surface area contributed by atoms with Crippen molar-refractivity contribution in [3.63, 3.8) is 0 Å². The fourth-order valence-corrected chi connectivity index (χ4v) is 4.80. The van der Waals surface area contributed by atoms with E-state index in [4.69, 9.17) is 5.73 Å². The Morgan fingerprint density at radius 3 is 2.26 bits per heavy atom. The topological polar surface area (TPSA) is 116 Å². The Morgan fingerprint density at radius 2 is 1.55 bits per heavy atom. The first-order valence-electron chi connectivity index (χ1n) is 9.38. The molecule has 0 saturated heterocycles. The van der Waals surface area contributed by atoms with Gasteiger partial charge in [0.1, 0.15) is 16.2 Å². The summed E-state index contributed by atoms with van der Waals surface area (Å²) in [5.41, 5.74) is 8.50. The van der Waals surface area contributed by atoms with Gasteiger partial charge in [-0.3, -0.25) is 4.98 Å². The molecule has 5 rings (SSSR count). The number of hydrogen-bond acceptors (Lipinski definition) is 7. The van der Waals surface area contributed by atoms with Gasteiger partial charge in [-0.15, -0.1) is 0 Å². The molecule has 5 aromatic rings. The van der Waals surface area contributed by atoms with Gasteiger partial charge in [0.25, 0.3) is 0 Å². The molecule has 0 bridgehead atoms. The zero-order valence-corrected chi connectivity index (χ0v) is 16.9. The molecule has 31 heavy (non-hydrogen) atoms. The lowest BCUT2D eigenvalue weighted by atomic mass is 10.3. The van der Waals surface area contributed by atoms with Gasteiger partial charge in [0.15, 0.2) is 5.65 Å². The molecule has 0 amide bonds. The maximum Gasteiger partial charge on any atom is 0.212 e. The molecule has 152 valence electrons. The highest BCUT2D eigenvalue weighted by molar-refractivity contribution is 7.92. The van der Waals surface area contributed by atoms with Gasteiger partial charge in [-0.1, -0.05) is 36.4 Å². The third-order valence-electron chi connectivity index (χ3n) is 4.74. The van der Waals surface area contributed by atoms with E-state index in [-0.39, 0.29) is 26.8 Å². The Bertz CT molecular complexity index is 1550. The smallest absolute Gasteiger partial charge is 0.212 e. The van der Waals surface area contributed by atoms with Crippen molar-refractivity contribution in [2.45, 2.75) is 9.79 Å². The molecule has 0 spiro atoms. The summed E-state index contributed by atoms with van der Waals surface area (Å²) in [6.07, 6.45) is 3.13. The van der Waals surface area contributed by atoms with E-state index >= 15 is 0 Å². The summed E-state index contributed by atoms with van der Waals surface area (Å²) in [5.74, 6) is -0.0682. The van der Waals surface area contributed by atoms with Crippen molar-refractivity contribution in [3.8, 4) is 0 Å². The second kappa shape index (κ2) is 7.29. The minimum absolute atomic E-state index is 0.0682. The normalized spacial score (nSPS) is 12.1. The molecular weight excluding hydrogens is 412 g/mol. The first-order chi connectivity index (χ1) is 15.1. The van der Waals surface area contributed by atoms with Crippen LogP contribution >= 0.6 is 0 Å². The predicted molar refractivity (Wildman–Crippen MR) is 119 cm³/mol. The highest BCUT2D eigenvalue weighted by Gasteiger charge is 2.30. The Kier molecular flexibility index (Phi) is 4.45. The lowest BCUT2D eigenvalue weighted by molar-refractivity contribution is 0.597. The fraction of sp³-hybridized carbons (Fsp3) is 0. The van der Waals surface area contributed by atoms with Crippen LogP contribution in [0.1, 0.15) is 5.69 Å². The molecule has 0 unspecified atom stereocenters. The van der Waals surface area contributed by atoms with Gasteiger partial charge >= 0.3 is 0 Å². The van der Waals surface area contributed by atoms with Crippen molar-refractivity contribution < 1.29 is 8.42 Å².